The second kappa shape index (κ2) is 8.32. The minimum Gasteiger partial charge on any atom is -0.206 e. The molecule has 0 fully saturated rings. The van der Waals surface area contributed by atoms with Gasteiger partial charge >= 0.3 is 6.18 Å². The zero-order valence-corrected chi connectivity index (χ0v) is 15.3. The zero-order valence-electron chi connectivity index (χ0n) is 15.3. The van der Waals surface area contributed by atoms with E-state index in [1.54, 1.807) is 12.1 Å². The van der Waals surface area contributed by atoms with E-state index in [0.29, 0.717) is 11.6 Å². The average Bonchev–Trinajstić information content (AvgIpc) is 2.66. The van der Waals surface area contributed by atoms with Crippen molar-refractivity contribution in [3.63, 3.8) is 0 Å². The van der Waals surface area contributed by atoms with Gasteiger partial charge in [-0.15, -0.1) is 0 Å². The van der Waals surface area contributed by atoms with Crippen molar-refractivity contribution in [3.8, 4) is 23.0 Å². The Hall–Kier alpha value is -3.39. The van der Waals surface area contributed by atoms with Gasteiger partial charge in [-0.2, -0.15) is 13.2 Å². The van der Waals surface area contributed by atoms with Crippen LogP contribution < -0.4 is 0 Å². The molecule has 0 bridgehead atoms. The molecule has 0 aliphatic carbocycles. The molecule has 3 aromatic rings. The zero-order chi connectivity index (χ0) is 21.0. The van der Waals surface area contributed by atoms with Crippen LogP contribution in [0.3, 0.4) is 0 Å². The van der Waals surface area contributed by atoms with E-state index in [-0.39, 0.29) is 11.6 Å². The first-order valence-electron chi connectivity index (χ1n) is 8.65. The number of aryl methyl sites for hydroxylation is 1. The lowest BCUT2D eigenvalue weighted by molar-refractivity contribution is -0.0790. The van der Waals surface area contributed by atoms with Gasteiger partial charge in [-0.05, 0) is 48.4 Å². The number of alkyl halides is 3. The molecule has 29 heavy (non-hydrogen) atoms. The maximum Gasteiger partial charge on any atom is 0.409 e. The second-order valence-electron chi connectivity index (χ2n) is 6.42. The Morgan fingerprint density at radius 1 is 0.724 bits per heavy atom. The lowest BCUT2D eigenvalue weighted by Crippen LogP contribution is -2.01. The van der Waals surface area contributed by atoms with E-state index in [0.717, 1.165) is 28.8 Å². The molecule has 0 spiro atoms. The summed E-state index contributed by atoms with van der Waals surface area (Å²) in [6.07, 6.45) is -4.50. The Morgan fingerprint density at radius 3 is 1.72 bits per heavy atom. The van der Waals surface area contributed by atoms with Gasteiger partial charge in [-0.3, -0.25) is 0 Å². The quantitative estimate of drug-likeness (QED) is 0.325. The Bertz CT molecular complexity index is 1070. The molecule has 0 unspecified atom stereocenters. The summed E-state index contributed by atoms with van der Waals surface area (Å²) in [6, 6.07) is 17.2. The first-order valence-corrected chi connectivity index (χ1v) is 8.65. The summed E-state index contributed by atoms with van der Waals surface area (Å²) in [5.41, 5.74) is 3.15. The molecule has 0 atom stereocenters. The van der Waals surface area contributed by atoms with E-state index in [2.05, 4.69) is 11.8 Å². The normalized spacial score (nSPS) is 11.4. The lowest BCUT2D eigenvalue weighted by atomic mass is 10.0. The van der Waals surface area contributed by atoms with Gasteiger partial charge in [0.15, 0.2) is 0 Å². The predicted molar refractivity (Wildman–Crippen MR) is 104 cm³/mol. The molecule has 0 amide bonds. The summed E-state index contributed by atoms with van der Waals surface area (Å²) < 4.78 is 64.5. The summed E-state index contributed by atoms with van der Waals surface area (Å²) in [7, 11) is 0. The highest BCUT2D eigenvalue weighted by atomic mass is 19.4. The maximum atomic E-state index is 14.0. The van der Waals surface area contributed by atoms with Crippen molar-refractivity contribution >= 4 is 6.08 Å². The summed E-state index contributed by atoms with van der Waals surface area (Å²) in [6.45, 7) is 2.01. The van der Waals surface area contributed by atoms with Crippen LogP contribution in [-0.2, 0) is 0 Å². The van der Waals surface area contributed by atoms with Gasteiger partial charge in [0, 0.05) is 22.8 Å². The number of rotatable bonds is 2. The molecule has 3 rings (SSSR count). The fourth-order valence-electron chi connectivity index (χ4n) is 2.63. The van der Waals surface area contributed by atoms with Crippen molar-refractivity contribution in [1.29, 1.82) is 0 Å². The van der Waals surface area contributed by atoms with E-state index in [4.69, 9.17) is 0 Å². The van der Waals surface area contributed by atoms with Gasteiger partial charge in [0.2, 0.25) is 0 Å². The maximum absolute atomic E-state index is 14.0. The Kier molecular flexibility index (Phi) is 5.84. The van der Waals surface area contributed by atoms with Gasteiger partial charge in [0.25, 0.3) is 0 Å². The predicted octanol–water partition coefficient (Wildman–Crippen LogP) is 6.92. The van der Waals surface area contributed by atoms with Gasteiger partial charge in [0.05, 0.1) is 0 Å². The second-order valence-corrected chi connectivity index (χ2v) is 6.42. The monoisotopic (exact) mass is 398 g/mol. The van der Waals surface area contributed by atoms with Crippen molar-refractivity contribution in [3.05, 3.63) is 101 Å². The molecule has 5 heteroatoms. The molecule has 0 heterocycles. The molecule has 0 saturated carbocycles. The molecular weight excluding hydrogens is 383 g/mol. The molecule has 3 aromatic carbocycles. The van der Waals surface area contributed by atoms with Gasteiger partial charge in [0.1, 0.15) is 11.6 Å². The smallest absolute Gasteiger partial charge is 0.206 e. The highest BCUT2D eigenvalue weighted by molar-refractivity contribution is 5.65. The van der Waals surface area contributed by atoms with E-state index in [9.17, 15) is 22.0 Å². The minimum absolute atomic E-state index is 0.0340. The fourth-order valence-corrected chi connectivity index (χ4v) is 2.63. The Balaban J connectivity index is 1.81. The molecule has 0 nitrogen and oxygen atoms in total. The average molecular weight is 398 g/mol. The third kappa shape index (κ3) is 5.55. The third-order valence-corrected chi connectivity index (χ3v) is 4.14. The SMILES string of the molecule is Cc1ccc(-c2ccc(C#Cc3cc(F)c(/C=C/C(F)(F)F)c(F)c3)cc2)cc1. The fraction of sp³-hybridized carbons (Fsp3) is 0.0833. The van der Waals surface area contributed by atoms with Gasteiger partial charge in [-0.1, -0.05) is 53.8 Å². The largest absolute Gasteiger partial charge is 0.409 e. The number of allylic oxidation sites excluding steroid dienone is 1. The van der Waals surface area contributed by atoms with Crippen LogP contribution >= 0.6 is 0 Å². The minimum atomic E-state index is -4.65. The van der Waals surface area contributed by atoms with E-state index < -0.39 is 23.4 Å². The summed E-state index contributed by atoms with van der Waals surface area (Å²) in [4.78, 5) is 0. The van der Waals surface area contributed by atoms with Gasteiger partial charge in [-0.25, -0.2) is 8.78 Å². The van der Waals surface area contributed by atoms with Crippen LogP contribution in [0.4, 0.5) is 22.0 Å². The van der Waals surface area contributed by atoms with E-state index >= 15 is 0 Å². The van der Waals surface area contributed by atoms with Crippen LogP contribution in [0.5, 0.6) is 0 Å². The molecule has 0 aliphatic heterocycles. The highest BCUT2D eigenvalue weighted by Gasteiger charge is 2.22. The van der Waals surface area contributed by atoms with Crippen LogP contribution in [0, 0.1) is 30.4 Å². The van der Waals surface area contributed by atoms with Crippen molar-refractivity contribution in [2.75, 3.05) is 0 Å². The van der Waals surface area contributed by atoms with E-state index in [1.165, 1.54) is 0 Å². The number of benzene rings is 3. The molecule has 146 valence electrons. The molecule has 0 radical (unpaired) electrons. The molecular formula is C24H15F5. The van der Waals surface area contributed by atoms with Crippen molar-refractivity contribution in [2.45, 2.75) is 13.1 Å². The van der Waals surface area contributed by atoms with Crippen molar-refractivity contribution in [1.82, 2.24) is 0 Å². The summed E-state index contributed by atoms with van der Waals surface area (Å²) in [5.74, 6) is 3.22. The number of hydrogen-bond donors (Lipinski definition) is 0. The van der Waals surface area contributed by atoms with Crippen LogP contribution in [0.1, 0.15) is 22.3 Å². The number of halogens is 5. The summed E-state index contributed by atoms with van der Waals surface area (Å²) >= 11 is 0. The molecule has 0 aliphatic rings. The van der Waals surface area contributed by atoms with Crippen LogP contribution in [-0.4, -0.2) is 6.18 Å². The van der Waals surface area contributed by atoms with Crippen LogP contribution in [0.2, 0.25) is 0 Å². The molecule has 0 aromatic heterocycles. The number of hydrogen-bond acceptors (Lipinski definition) is 0. The standard InChI is InChI=1S/C24H15F5/c1-16-2-8-19(9-3-16)20-10-6-17(7-11-20)4-5-18-14-22(25)21(23(26)15-18)12-13-24(27,28)29/h2-3,6-15H,1H3/b13-12+. The third-order valence-electron chi connectivity index (χ3n) is 4.14. The van der Waals surface area contributed by atoms with Gasteiger partial charge < -0.3 is 0 Å². The van der Waals surface area contributed by atoms with Crippen LogP contribution in [0.25, 0.3) is 17.2 Å². The van der Waals surface area contributed by atoms with Crippen LogP contribution in [0.15, 0.2) is 66.7 Å². The Morgan fingerprint density at radius 2 is 1.21 bits per heavy atom. The van der Waals surface area contributed by atoms with E-state index in [1.807, 2.05) is 43.3 Å². The first kappa shape index (κ1) is 20.3. The molecule has 0 N–H and O–H groups in total. The van der Waals surface area contributed by atoms with Crippen molar-refractivity contribution < 1.29 is 22.0 Å². The molecule has 0 saturated heterocycles. The summed E-state index contributed by atoms with van der Waals surface area (Å²) in [5, 5.41) is 0. The Labute approximate surface area is 165 Å². The first-order chi connectivity index (χ1) is 13.7. The topological polar surface area (TPSA) is 0 Å². The van der Waals surface area contributed by atoms with Crippen molar-refractivity contribution in [2.24, 2.45) is 0 Å². The highest BCUT2D eigenvalue weighted by Crippen LogP contribution is 2.22. The lowest BCUT2D eigenvalue weighted by Gasteiger charge is -2.03.